The van der Waals surface area contributed by atoms with Crippen LogP contribution < -0.4 is 11.0 Å². The smallest absolute Gasteiger partial charge is 0.323 e. The van der Waals surface area contributed by atoms with E-state index in [-0.39, 0.29) is 18.1 Å². The van der Waals surface area contributed by atoms with Crippen LogP contribution in [0.5, 0.6) is 0 Å². The molecule has 0 radical (unpaired) electrons. The van der Waals surface area contributed by atoms with Gasteiger partial charge in [0.15, 0.2) is 0 Å². The molecule has 0 bridgehead atoms. The Hall–Kier alpha value is -2.44. The van der Waals surface area contributed by atoms with Crippen molar-refractivity contribution in [2.45, 2.75) is 59.5 Å². The molecule has 7 heteroatoms. The number of rotatable bonds is 3. The molecule has 1 aliphatic rings. The van der Waals surface area contributed by atoms with Crippen LogP contribution in [0.25, 0.3) is 0 Å². The van der Waals surface area contributed by atoms with Gasteiger partial charge in [-0.15, -0.1) is 0 Å². The van der Waals surface area contributed by atoms with Crippen LogP contribution in [0.1, 0.15) is 42.0 Å². The lowest BCUT2D eigenvalue weighted by Crippen LogP contribution is -2.30. The lowest BCUT2D eigenvalue weighted by molar-refractivity contribution is -0.117. The van der Waals surface area contributed by atoms with Gasteiger partial charge in [0.2, 0.25) is 5.91 Å². The third-order valence-corrected chi connectivity index (χ3v) is 4.36. The quantitative estimate of drug-likeness (QED) is 0.930. The number of pyridine rings is 1. The van der Waals surface area contributed by atoms with Crippen molar-refractivity contribution >= 4 is 11.6 Å². The predicted molar refractivity (Wildman–Crippen MR) is 91.1 cm³/mol. The van der Waals surface area contributed by atoms with Gasteiger partial charge in [-0.1, -0.05) is 6.42 Å². The zero-order chi connectivity index (χ0) is 17.3. The van der Waals surface area contributed by atoms with Crippen molar-refractivity contribution in [3.05, 3.63) is 39.3 Å². The Bertz CT molecular complexity index is 811. The average molecular weight is 329 g/mol. The number of carbonyl (C=O) groups is 1. The van der Waals surface area contributed by atoms with Crippen LogP contribution in [0.15, 0.2) is 10.9 Å². The molecule has 0 atom stereocenters. The van der Waals surface area contributed by atoms with Crippen molar-refractivity contribution in [3.63, 3.8) is 0 Å². The summed E-state index contributed by atoms with van der Waals surface area (Å²) in [5.74, 6) is 0.525. The van der Waals surface area contributed by atoms with Crippen molar-refractivity contribution in [1.29, 1.82) is 0 Å². The van der Waals surface area contributed by atoms with E-state index in [0.29, 0.717) is 12.2 Å². The summed E-state index contributed by atoms with van der Waals surface area (Å²) in [6.45, 7) is 6.33. The number of amides is 1. The monoisotopic (exact) mass is 329 g/mol. The average Bonchev–Trinajstić information content (AvgIpc) is 2.69. The maximum Gasteiger partial charge on any atom is 0.346 e. The predicted octanol–water partition coefficient (Wildman–Crippen LogP) is 1.73. The second kappa shape index (κ2) is 6.59. The van der Waals surface area contributed by atoms with Crippen LogP contribution in [0.3, 0.4) is 0 Å². The number of nitrogens with one attached hydrogen (secondary N) is 1. The van der Waals surface area contributed by atoms with E-state index in [4.69, 9.17) is 0 Å². The molecule has 2 aromatic heterocycles. The van der Waals surface area contributed by atoms with E-state index in [0.717, 1.165) is 48.5 Å². The summed E-state index contributed by atoms with van der Waals surface area (Å²) in [4.78, 5) is 29.1. The largest absolute Gasteiger partial charge is 0.346 e. The molecule has 0 aromatic carbocycles. The third-order valence-electron chi connectivity index (χ3n) is 4.36. The molecule has 24 heavy (non-hydrogen) atoms. The fourth-order valence-corrected chi connectivity index (χ4v) is 3.26. The molecule has 3 rings (SSSR count). The number of aryl methyl sites for hydroxylation is 4. The Balaban J connectivity index is 1.78. The molecule has 1 N–H and O–H groups in total. The first-order valence-electron chi connectivity index (χ1n) is 8.37. The van der Waals surface area contributed by atoms with E-state index in [2.05, 4.69) is 15.4 Å². The Labute approximate surface area is 140 Å². The minimum absolute atomic E-state index is 0.0778. The van der Waals surface area contributed by atoms with E-state index in [1.54, 1.807) is 4.57 Å². The highest BCUT2D eigenvalue weighted by atomic mass is 16.2. The number of fused-ring (bicyclic) bond motifs is 1. The summed E-state index contributed by atoms with van der Waals surface area (Å²) < 4.78 is 2.96. The van der Waals surface area contributed by atoms with Crippen LogP contribution in [-0.4, -0.2) is 25.2 Å². The van der Waals surface area contributed by atoms with Crippen molar-refractivity contribution in [1.82, 2.24) is 19.3 Å². The lowest BCUT2D eigenvalue weighted by atomic mass is 10.1. The van der Waals surface area contributed by atoms with E-state index in [1.165, 1.54) is 4.68 Å². The molecular formula is C17H23N5O2. The number of hydrogen-bond donors (Lipinski definition) is 1. The highest BCUT2D eigenvalue weighted by Crippen LogP contribution is 2.19. The van der Waals surface area contributed by atoms with Crippen LogP contribution in [-0.2, 0) is 24.3 Å². The van der Waals surface area contributed by atoms with Gasteiger partial charge in [-0.2, -0.15) is 5.10 Å². The van der Waals surface area contributed by atoms with Crippen molar-refractivity contribution < 1.29 is 4.79 Å². The standard InChI is InChI=1S/C17H23N5O2/c1-11-9-12(2)18-13(3)16(11)19-15(23)10-22-17(24)21-8-6-4-5-7-14(21)20-22/h9H,4-8,10H2,1-3H3,(H,19,23). The van der Waals surface area contributed by atoms with Crippen LogP contribution >= 0.6 is 0 Å². The lowest BCUT2D eigenvalue weighted by Gasteiger charge is -2.11. The summed E-state index contributed by atoms with van der Waals surface area (Å²) in [5.41, 5.74) is 3.16. The molecule has 7 nitrogen and oxygen atoms in total. The highest BCUT2D eigenvalue weighted by Gasteiger charge is 2.18. The second-order valence-corrected chi connectivity index (χ2v) is 6.41. The van der Waals surface area contributed by atoms with Gasteiger partial charge in [0, 0.05) is 18.7 Å². The molecule has 0 saturated carbocycles. The van der Waals surface area contributed by atoms with E-state index in [9.17, 15) is 9.59 Å². The summed E-state index contributed by atoms with van der Waals surface area (Å²) in [6.07, 6.45) is 3.93. The van der Waals surface area contributed by atoms with Crippen LogP contribution in [0, 0.1) is 20.8 Å². The Morgan fingerprint density at radius 3 is 2.79 bits per heavy atom. The first-order chi connectivity index (χ1) is 11.5. The molecule has 2 aromatic rings. The second-order valence-electron chi connectivity index (χ2n) is 6.41. The molecule has 128 valence electrons. The molecule has 0 saturated heterocycles. The molecular weight excluding hydrogens is 306 g/mol. The Kier molecular flexibility index (Phi) is 4.51. The molecule has 3 heterocycles. The Morgan fingerprint density at radius 2 is 2.04 bits per heavy atom. The molecule has 1 amide bonds. The van der Waals surface area contributed by atoms with Crippen molar-refractivity contribution in [3.8, 4) is 0 Å². The molecule has 0 unspecified atom stereocenters. The van der Waals surface area contributed by atoms with Gasteiger partial charge >= 0.3 is 5.69 Å². The number of anilines is 1. The maximum atomic E-state index is 12.4. The summed E-state index contributed by atoms with van der Waals surface area (Å²) in [5, 5.41) is 7.21. The van der Waals surface area contributed by atoms with Crippen LogP contribution in [0.2, 0.25) is 0 Å². The molecule has 0 spiro atoms. The van der Waals surface area contributed by atoms with Gasteiger partial charge in [-0.3, -0.25) is 14.3 Å². The fraction of sp³-hybridized carbons (Fsp3) is 0.529. The SMILES string of the molecule is Cc1cc(C)c(NC(=O)Cn2nc3n(c2=O)CCCCC3)c(C)n1. The minimum Gasteiger partial charge on any atom is -0.323 e. The van der Waals surface area contributed by atoms with E-state index in [1.807, 2.05) is 26.8 Å². The van der Waals surface area contributed by atoms with E-state index < -0.39 is 0 Å². The van der Waals surface area contributed by atoms with Crippen LogP contribution in [0.4, 0.5) is 5.69 Å². The first kappa shape index (κ1) is 16.4. The van der Waals surface area contributed by atoms with E-state index >= 15 is 0 Å². The minimum atomic E-state index is -0.262. The Morgan fingerprint density at radius 1 is 1.25 bits per heavy atom. The molecule has 1 aliphatic heterocycles. The van der Waals surface area contributed by atoms with Gasteiger partial charge in [0.1, 0.15) is 12.4 Å². The zero-order valence-corrected chi connectivity index (χ0v) is 14.4. The van der Waals surface area contributed by atoms with Gasteiger partial charge < -0.3 is 5.32 Å². The normalized spacial score (nSPS) is 14.1. The maximum absolute atomic E-state index is 12.4. The number of hydrogen-bond acceptors (Lipinski definition) is 4. The molecule has 0 fully saturated rings. The van der Waals surface area contributed by atoms with Gasteiger partial charge in [0.25, 0.3) is 0 Å². The third kappa shape index (κ3) is 3.25. The number of aromatic nitrogens is 4. The van der Waals surface area contributed by atoms with Gasteiger partial charge in [-0.25, -0.2) is 9.48 Å². The summed E-state index contributed by atoms with van der Waals surface area (Å²) in [6, 6.07) is 1.92. The highest BCUT2D eigenvalue weighted by molar-refractivity contribution is 5.91. The van der Waals surface area contributed by atoms with Gasteiger partial charge in [0.05, 0.1) is 11.4 Å². The summed E-state index contributed by atoms with van der Waals surface area (Å²) in [7, 11) is 0. The first-order valence-corrected chi connectivity index (χ1v) is 8.37. The van der Waals surface area contributed by atoms with Gasteiger partial charge in [-0.05, 0) is 45.2 Å². The number of carbonyl (C=O) groups excluding carboxylic acids is 1. The molecule has 0 aliphatic carbocycles. The zero-order valence-electron chi connectivity index (χ0n) is 14.4. The summed E-state index contributed by atoms with van der Waals surface area (Å²) >= 11 is 0. The van der Waals surface area contributed by atoms with Crippen molar-refractivity contribution in [2.24, 2.45) is 0 Å². The number of nitrogens with zero attached hydrogens (tertiary/aromatic N) is 4. The topological polar surface area (TPSA) is 81.8 Å². The van der Waals surface area contributed by atoms with Crippen molar-refractivity contribution in [2.75, 3.05) is 5.32 Å². The fourth-order valence-electron chi connectivity index (χ4n) is 3.26.